The normalized spacial score (nSPS) is 15.4. The van der Waals surface area contributed by atoms with Crippen molar-refractivity contribution in [3.63, 3.8) is 0 Å². The SMILES string of the molecule is CCC(O)CNC(=O)c1cccc2c1CCCN2. The number of carbonyl (C=O) groups excluding carboxylic acids is 1. The Bertz CT molecular complexity index is 432. The second kappa shape index (κ2) is 5.87. The van der Waals surface area contributed by atoms with E-state index < -0.39 is 6.10 Å². The maximum atomic E-state index is 12.1. The molecule has 0 saturated carbocycles. The zero-order valence-corrected chi connectivity index (χ0v) is 10.7. The molecule has 3 N–H and O–H groups in total. The summed E-state index contributed by atoms with van der Waals surface area (Å²) in [5, 5.41) is 15.6. The van der Waals surface area contributed by atoms with Crippen molar-refractivity contribution in [2.45, 2.75) is 32.3 Å². The van der Waals surface area contributed by atoms with Gasteiger partial charge in [0.1, 0.15) is 0 Å². The average Bonchev–Trinajstić information content (AvgIpc) is 2.43. The van der Waals surface area contributed by atoms with Crippen molar-refractivity contribution in [2.24, 2.45) is 0 Å². The Morgan fingerprint density at radius 1 is 1.56 bits per heavy atom. The van der Waals surface area contributed by atoms with Gasteiger partial charge in [-0.3, -0.25) is 4.79 Å². The number of carbonyl (C=O) groups is 1. The number of aliphatic hydroxyl groups is 1. The summed E-state index contributed by atoms with van der Waals surface area (Å²) in [6.07, 6.45) is 2.16. The number of nitrogens with one attached hydrogen (secondary N) is 2. The minimum absolute atomic E-state index is 0.0944. The molecule has 1 aromatic rings. The van der Waals surface area contributed by atoms with E-state index in [-0.39, 0.29) is 5.91 Å². The molecule has 0 aromatic heterocycles. The summed E-state index contributed by atoms with van der Waals surface area (Å²) in [4.78, 5) is 12.1. The highest BCUT2D eigenvalue weighted by Crippen LogP contribution is 2.25. The molecule has 0 spiro atoms. The fourth-order valence-electron chi connectivity index (χ4n) is 2.17. The first-order chi connectivity index (χ1) is 8.72. The van der Waals surface area contributed by atoms with Crippen LogP contribution in [0.25, 0.3) is 0 Å². The fraction of sp³-hybridized carbons (Fsp3) is 0.500. The molecule has 0 fully saturated rings. The standard InChI is InChI=1S/C14H20N2O2/c1-2-10(17)9-16-14(18)12-5-3-7-13-11(12)6-4-8-15-13/h3,5,7,10,15,17H,2,4,6,8-9H2,1H3,(H,16,18). The van der Waals surface area contributed by atoms with E-state index in [1.807, 2.05) is 25.1 Å². The lowest BCUT2D eigenvalue weighted by Gasteiger charge is -2.20. The van der Waals surface area contributed by atoms with Crippen LogP contribution in [0.5, 0.6) is 0 Å². The summed E-state index contributed by atoms with van der Waals surface area (Å²) < 4.78 is 0. The van der Waals surface area contributed by atoms with E-state index in [0.717, 1.165) is 36.2 Å². The largest absolute Gasteiger partial charge is 0.391 e. The van der Waals surface area contributed by atoms with Gasteiger partial charge in [0.15, 0.2) is 0 Å². The molecule has 0 aliphatic carbocycles. The van der Waals surface area contributed by atoms with Crippen LogP contribution < -0.4 is 10.6 Å². The third-order valence-electron chi connectivity index (χ3n) is 3.31. The van der Waals surface area contributed by atoms with Gasteiger partial charge in [-0.2, -0.15) is 0 Å². The maximum Gasteiger partial charge on any atom is 0.251 e. The molecule has 0 bridgehead atoms. The van der Waals surface area contributed by atoms with Crippen molar-refractivity contribution in [2.75, 3.05) is 18.4 Å². The van der Waals surface area contributed by atoms with E-state index in [1.165, 1.54) is 0 Å². The van der Waals surface area contributed by atoms with E-state index in [4.69, 9.17) is 0 Å². The third kappa shape index (κ3) is 2.82. The zero-order valence-electron chi connectivity index (χ0n) is 10.7. The maximum absolute atomic E-state index is 12.1. The molecule has 1 amide bonds. The van der Waals surface area contributed by atoms with Gasteiger partial charge in [-0.25, -0.2) is 0 Å². The van der Waals surface area contributed by atoms with Crippen molar-refractivity contribution in [3.8, 4) is 0 Å². The molecule has 4 heteroatoms. The molecule has 18 heavy (non-hydrogen) atoms. The predicted octanol–water partition coefficient (Wildman–Crippen LogP) is 1.55. The lowest BCUT2D eigenvalue weighted by Crippen LogP contribution is -2.32. The molecular weight excluding hydrogens is 228 g/mol. The number of amides is 1. The van der Waals surface area contributed by atoms with Gasteiger partial charge in [0, 0.05) is 24.3 Å². The molecule has 1 aliphatic rings. The number of fused-ring (bicyclic) bond motifs is 1. The average molecular weight is 248 g/mol. The van der Waals surface area contributed by atoms with Crippen molar-refractivity contribution >= 4 is 11.6 Å². The van der Waals surface area contributed by atoms with Crippen molar-refractivity contribution < 1.29 is 9.90 Å². The van der Waals surface area contributed by atoms with Crippen LogP contribution >= 0.6 is 0 Å². The van der Waals surface area contributed by atoms with Gasteiger partial charge in [-0.05, 0) is 37.0 Å². The second-order valence-corrected chi connectivity index (χ2v) is 4.63. The first-order valence-corrected chi connectivity index (χ1v) is 6.54. The van der Waals surface area contributed by atoms with E-state index >= 15 is 0 Å². The third-order valence-corrected chi connectivity index (χ3v) is 3.31. The van der Waals surface area contributed by atoms with Crippen LogP contribution in [-0.2, 0) is 6.42 Å². The summed E-state index contributed by atoms with van der Waals surface area (Å²) in [5.74, 6) is -0.0944. The van der Waals surface area contributed by atoms with Crippen LogP contribution in [0.1, 0.15) is 35.7 Å². The topological polar surface area (TPSA) is 61.4 Å². The number of rotatable bonds is 4. The van der Waals surface area contributed by atoms with E-state index in [9.17, 15) is 9.90 Å². The van der Waals surface area contributed by atoms with Crippen LogP contribution in [0.2, 0.25) is 0 Å². The monoisotopic (exact) mass is 248 g/mol. The summed E-state index contributed by atoms with van der Waals surface area (Å²) in [5.41, 5.74) is 2.88. The smallest absolute Gasteiger partial charge is 0.251 e. The molecular formula is C14H20N2O2. The molecule has 0 saturated heterocycles. The van der Waals surface area contributed by atoms with Gasteiger partial charge in [0.05, 0.1) is 6.10 Å². The van der Waals surface area contributed by atoms with Gasteiger partial charge >= 0.3 is 0 Å². The van der Waals surface area contributed by atoms with Crippen LogP contribution in [-0.4, -0.2) is 30.2 Å². The lowest BCUT2D eigenvalue weighted by atomic mass is 9.97. The Morgan fingerprint density at radius 2 is 2.39 bits per heavy atom. The number of benzene rings is 1. The van der Waals surface area contributed by atoms with Crippen molar-refractivity contribution in [1.82, 2.24) is 5.32 Å². The Labute approximate surface area is 107 Å². The van der Waals surface area contributed by atoms with Gasteiger partial charge in [-0.15, -0.1) is 0 Å². The first-order valence-electron chi connectivity index (χ1n) is 6.54. The summed E-state index contributed by atoms with van der Waals surface area (Å²) in [6.45, 7) is 3.17. The lowest BCUT2D eigenvalue weighted by molar-refractivity contribution is 0.0913. The molecule has 2 rings (SSSR count). The minimum atomic E-state index is -0.466. The summed E-state index contributed by atoms with van der Waals surface area (Å²) in [7, 11) is 0. The van der Waals surface area contributed by atoms with Gasteiger partial charge < -0.3 is 15.7 Å². The predicted molar refractivity (Wildman–Crippen MR) is 71.9 cm³/mol. The van der Waals surface area contributed by atoms with Gasteiger partial charge in [0.2, 0.25) is 0 Å². The minimum Gasteiger partial charge on any atom is -0.391 e. The number of hydrogen-bond donors (Lipinski definition) is 3. The second-order valence-electron chi connectivity index (χ2n) is 4.63. The summed E-state index contributed by atoms with van der Waals surface area (Å²) >= 11 is 0. The number of aliphatic hydroxyl groups excluding tert-OH is 1. The zero-order chi connectivity index (χ0) is 13.0. The van der Waals surface area contributed by atoms with E-state index in [0.29, 0.717) is 13.0 Å². The summed E-state index contributed by atoms with van der Waals surface area (Å²) in [6, 6.07) is 5.74. The molecule has 1 atom stereocenters. The van der Waals surface area contributed by atoms with Crippen molar-refractivity contribution in [3.05, 3.63) is 29.3 Å². The Hall–Kier alpha value is -1.55. The van der Waals surface area contributed by atoms with Crippen LogP contribution in [0.4, 0.5) is 5.69 Å². The fourth-order valence-corrected chi connectivity index (χ4v) is 2.17. The first kappa shape index (κ1) is 12.9. The van der Waals surface area contributed by atoms with Gasteiger partial charge in [-0.1, -0.05) is 13.0 Å². The molecule has 0 radical (unpaired) electrons. The van der Waals surface area contributed by atoms with Crippen LogP contribution in [0, 0.1) is 0 Å². The molecule has 4 nitrogen and oxygen atoms in total. The Kier molecular flexibility index (Phi) is 4.20. The molecule has 1 aliphatic heterocycles. The number of hydrogen-bond acceptors (Lipinski definition) is 3. The quantitative estimate of drug-likeness (QED) is 0.757. The highest BCUT2D eigenvalue weighted by atomic mass is 16.3. The highest BCUT2D eigenvalue weighted by Gasteiger charge is 2.17. The van der Waals surface area contributed by atoms with Crippen LogP contribution in [0.15, 0.2) is 18.2 Å². The Balaban J connectivity index is 2.10. The highest BCUT2D eigenvalue weighted by molar-refractivity contribution is 5.97. The Morgan fingerprint density at radius 3 is 3.17 bits per heavy atom. The molecule has 98 valence electrons. The van der Waals surface area contributed by atoms with Gasteiger partial charge in [0.25, 0.3) is 5.91 Å². The van der Waals surface area contributed by atoms with E-state index in [2.05, 4.69) is 10.6 Å². The number of anilines is 1. The van der Waals surface area contributed by atoms with Crippen LogP contribution in [0.3, 0.4) is 0 Å². The molecule has 1 unspecified atom stereocenters. The van der Waals surface area contributed by atoms with Crippen molar-refractivity contribution in [1.29, 1.82) is 0 Å². The molecule has 1 aromatic carbocycles. The molecule has 1 heterocycles. The van der Waals surface area contributed by atoms with E-state index in [1.54, 1.807) is 0 Å².